The van der Waals surface area contributed by atoms with Gasteiger partial charge in [0.05, 0.1) is 5.69 Å². The third-order valence-corrected chi connectivity index (χ3v) is 4.58. The highest BCUT2D eigenvalue weighted by molar-refractivity contribution is 5.45. The van der Waals surface area contributed by atoms with E-state index in [4.69, 9.17) is 0 Å². The van der Waals surface area contributed by atoms with Crippen molar-refractivity contribution in [2.75, 3.05) is 36.0 Å². The van der Waals surface area contributed by atoms with Crippen molar-refractivity contribution in [2.24, 2.45) is 0 Å². The first kappa shape index (κ1) is 16.4. The van der Waals surface area contributed by atoms with Crippen LogP contribution in [0.4, 0.5) is 11.8 Å². The Balaban J connectivity index is 1.44. The SMILES string of the molecule is CCc1cnc(N2CCN(c3cc(-n4ccc(C)n4)ncn3)CC2)nc1. The van der Waals surface area contributed by atoms with E-state index in [-0.39, 0.29) is 0 Å². The van der Waals surface area contributed by atoms with Crippen LogP contribution in [0, 0.1) is 6.92 Å². The average Bonchev–Trinajstić information content (AvgIpc) is 3.15. The highest BCUT2D eigenvalue weighted by atomic mass is 15.3. The summed E-state index contributed by atoms with van der Waals surface area (Å²) in [5.41, 5.74) is 2.13. The number of piperazine rings is 1. The Morgan fingerprint density at radius 3 is 2.27 bits per heavy atom. The van der Waals surface area contributed by atoms with Gasteiger partial charge in [-0.05, 0) is 25.0 Å². The molecule has 3 aromatic heterocycles. The van der Waals surface area contributed by atoms with E-state index in [1.807, 2.05) is 37.6 Å². The number of anilines is 2. The van der Waals surface area contributed by atoms with Gasteiger partial charge in [-0.25, -0.2) is 24.6 Å². The normalized spacial score (nSPS) is 14.7. The minimum atomic E-state index is 0.781. The average molecular weight is 350 g/mol. The minimum absolute atomic E-state index is 0.781. The van der Waals surface area contributed by atoms with Gasteiger partial charge in [-0.3, -0.25) is 0 Å². The molecule has 26 heavy (non-hydrogen) atoms. The molecule has 134 valence electrons. The van der Waals surface area contributed by atoms with Gasteiger partial charge in [-0.2, -0.15) is 5.10 Å². The highest BCUT2D eigenvalue weighted by Crippen LogP contribution is 2.18. The van der Waals surface area contributed by atoms with Crippen molar-refractivity contribution < 1.29 is 0 Å². The molecule has 0 bridgehead atoms. The largest absolute Gasteiger partial charge is 0.353 e. The van der Waals surface area contributed by atoms with E-state index in [2.05, 4.69) is 41.8 Å². The van der Waals surface area contributed by atoms with Crippen LogP contribution in [0.25, 0.3) is 5.82 Å². The van der Waals surface area contributed by atoms with Gasteiger partial charge in [0.1, 0.15) is 12.1 Å². The molecule has 1 aliphatic heterocycles. The van der Waals surface area contributed by atoms with Gasteiger partial charge in [0, 0.05) is 50.8 Å². The standard InChI is InChI=1S/C18H22N8/c1-3-15-11-19-18(20-12-15)25-8-6-24(7-9-25)16-10-17(22-13-21-16)26-5-4-14(2)23-26/h4-5,10-13H,3,6-9H2,1-2H3. The van der Waals surface area contributed by atoms with Crippen molar-refractivity contribution in [3.63, 3.8) is 0 Å². The molecule has 1 aliphatic rings. The summed E-state index contributed by atoms with van der Waals surface area (Å²) in [6.07, 6.45) is 8.30. The van der Waals surface area contributed by atoms with Crippen LogP contribution < -0.4 is 9.80 Å². The lowest BCUT2D eigenvalue weighted by atomic mass is 10.3. The Bertz CT molecular complexity index is 865. The van der Waals surface area contributed by atoms with E-state index in [0.717, 1.165) is 61.4 Å². The van der Waals surface area contributed by atoms with Crippen molar-refractivity contribution >= 4 is 11.8 Å². The molecule has 3 aromatic rings. The zero-order chi connectivity index (χ0) is 17.9. The summed E-state index contributed by atoms with van der Waals surface area (Å²) in [6.45, 7) is 7.54. The van der Waals surface area contributed by atoms with E-state index in [9.17, 15) is 0 Å². The fourth-order valence-corrected chi connectivity index (χ4v) is 3.01. The van der Waals surface area contributed by atoms with Crippen molar-refractivity contribution in [3.05, 3.63) is 48.3 Å². The molecule has 8 nitrogen and oxygen atoms in total. The first-order valence-electron chi connectivity index (χ1n) is 8.88. The maximum absolute atomic E-state index is 4.49. The van der Waals surface area contributed by atoms with E-state index in [1.165, 1.54) is 0 Å². The van der Waals surface area contributed by atoms with Crippen molar-refractivity contribution in [3.8, 4) is 5.82 Å². The first-order chi connectivity index (χ1) is 12.7. The number of aryl methyl sites for hydroxylation is 2. The topological polar surface area (TPSA) is 75.9 Å². The molecule has 0 saturated carbocycles. The van der Waals surface area contributed by atoms with Crippen LogP contribution in [-0.2, 0) is 6.42 Å². The molecule has 4 heterocycles. The zero-order valence-electron chi connectivity index (χ0n) is 15.1. The Labute approximate surface area is 152 Å². The summed E-state index contributed by atoms with van der Waals surface area (Å²) in [4.78, 5) is 22.2. The molecule has 0 unspecified atom stereocenters. The summed E-state index contributed by atoms with van der Waals surface area (Å²) in [7, 11) is 0. The van der Waals surface area contributed by atoms with E-state index < -0.39 is 0 Å². The Morgan fingerprint density at radius 2 is 1.62 bits per heavy atom. The molecule has 1 fully saturated rings. The quantitative estimate of drug-likeness (QED) is 0.708. The molecule has 1 saturated heterocycles. The van der Waals surface area contributed by atoms with Gasteiger partial charge in [-0.1, -0.05) is 6.92 Å². The van der Waals surface area contributed by atoms with Gasteiger partial charge in [0.25, 0.3) is 0 Å². The first-order valence-corrected chi connectivity index (χ1v) is 8.88. The smallest absolute Gasteiger partial charge is 0.225 e. The predicted octanol–water partition coefficient (Wildman–Crippen LogP) is 1.65. The van der Waals surface area contributed by atoms with Gasteiger partial charge >= 0.3 is 0 Å². The Morgan fingerprint density at radius 1 is 0.923 bits per heavy atom. The molecule has 0 aromatic carbocycles. The minimum Gasteiger partial charge on any atom is -0.353 e. The second kappa shape index (κ2) is 7.07. The molecule has 0 aliphatic carbocycles. The molecule has 4 rings (SSSR count). The van der Waals surface area contributed by atoms with E-state index in [1.54, 1.807) is 11.0 Å². The second-order valence-corrected chi connectivity index (χ2v) is 6.36. The van der Waals surface area contributed by atoms with Crippen LogP contribution in [0.5, 0.6) is 0 Å². The molecule has 0 atom stereocenters. The number of rotatable bonds is 4. The maximum Gasteiger partial charge on any atom is 0.225 e. The van der Waals surface area contributed by atoms with Crippen LogP contribution in [0.1, 0.15) is 18.2 Å². The summed E-state index contributed by atoms with van der Waals surface area (Å²) < 4.78 is 1.78. The fourth-order valence-electron chi connectivity index (χ4n) is 3.01. The molecular formula is C18H22N8. The maximum atomic E-state index is 4.49. The number of nitrogens with zero attached hydrogens (tertiary/aromatic N) is 8. The fraction of sp³-hybridized carbons (Fsp3) is 0.389. The molecular weight excluding hydrogens is 328 g/mol. The zero-order valence-corrected chi connectivity index (χ0v) is 15.1. The third kappa shape index (κ3) is 3.35. The van der Waals surface area contributed by atoms with Gasteiger partial charge in [0.2, 0.25) is 5.95 Å². The van der Waals surface area contributed by atoms with E-state index >= 15 is 0 Å². The van der Waals surface area contributed by atoms with Crippen molar-refractivity contribution in [1.82, 2.24) is 29.7 Å². The lowest BCUT2D eigenvalue weighted by Gasteiger charge is -2.35. The Hall–Kier alpha value is -3.03. The van der Waals surface area contributed by atoms with Crippen LogP contribution >= 0.6 is 0 Å². The summed E-state index contributed by atoms with van der Waals surface area (Å²) >= 11 is 0. The lowest BCUT2D eigenvalue weighted by molar-refractivity contribution is 0.632. The molecule has 0 radical (unpaired) electrons. The second-order valence-electron chi connectivity index (χ2n) is 6.36. The summed E-state index contributed by atoms with van der Waals surface area (Å²) in [5.74, 6) is 2.51. The Kier molecular flexibility index (Phi) is 4.47. The van der Waals surface area contributed by atoms with Crippen molar-refractivity contribution in [1.29, 1.82) is 0 Å². The van der Waals surface area contributed by atoms with Gasteiger partial charge in [-0.15, -0.1) is 0 Å². The molecule has 8 heteroatoms. The van der Waals surface area contributed by atoms with E-state index in [0.29, 0.717) is 0 Å². The molecule has 0 spiro atoms. The number of aromatic nitrogens is 6. The van der Waals surface area contributed by atoms with Crippen LogP contribution in [0.15, 0.2) is 37.1 Å². The monoisotopic (exact) mass is 350 g/mol. The van der Waals surface area contributed by atoms with Gasteiger partial charge < -0.3 is 9.80 Å². The molecule has 0 N–H and O–H groups in total. The summed E-state index contributed by atoms with van der Waals surface area (Å²) in [6, 6.07) is 3.94. The molecule has 0 amide bonds. The summed E-state index contributed by atoms with van der Waals surface area (Å²) in [5, 5.41) is 4.42. The van der Waals surface area contributed by atoms with Gasteiger partial charge in [0.15, 0.2) is 5.82 Å². The number of hydrogen-bond donors (Lipinski definition) is 0. The van der Waals surface area contributed by atoms with Crippen LogP contribution in [0.3, 0.4) is 0 Å². The third-order valence-electron chi connectivity index (χ3n) is 4.58. The van der Waals surface area contributed by atoms with Crippen LogP contribution in [-0.4, -0.2) is 55.9 Å². The van der Waals surface area contributed by atoms with Crippen LogP contribution in [0.2, 0.25) is 0 Å². The van der Waals surface area contributed by atoms with Crippen molar-refractivity contribution in [2.45, 2.75) is 20.3 Å². The number of hydrogen-bond acceptors (Lipinski definition) is 7. The lowest BCUT2D eigenvalue weighted by Crippen LogP contribution is -2.47. The predicted molar refractivity (Wildman–Crippen MR) is 99.7 cm³/mol. The highest BCUT2D eigenvalue weighted by Gasteiger charge is 2.20.